The second-order valence-corrected chi connectivity index (χ2v) is 6.13. The molecule has 1 heterocycles. The van der Waals surface area contributed by atoms with E-state index in [1.807, 2.05) is 6.92 Å². The fourth-order valence-electron chi connectivity index (χ4n) is 2.71. The Morgan fingerprint density at radius 3 is 2.65 bits per heavy atom. The van der Waals surface area contributed by atoms with Crippen molar-refractivity contribution < 1.29 is 18.3 Å². The lowest BCUT2D eigenvalue weighted by molar-refractivity contribution is -0.118. The number of aryl methyl sites for hydroxylation is 3. The summed E-state index contributed by atoms with van der Waals surface area (Å²) in [6.07, 6.45) is 0. The molecular weight excluding hydrogens is 337 g/mol. The van der Waals surface area contributed by atoms with Gasteiger partial charge < -0.3 is 14.5 Å². The molecule has 3 rings (SSSR count). The summed E-state index contributed by atoms with van der Waals surface area (Å²) in [4.78, 5) is 23.6. The lowest BCUT2D eigenvalue weighted by Gasteiger charge is -2.12. The van der Waals surface area contributed by atoms with Crippen LogP contribution in [0.5, 0.6) is 5.75 Å². The first-order valence-electron chi connectivity index (χ1n) is 8.08. The van der Waals surface area contributed by atoms with Gasteiger partial charge in [0.2, 0.25) is 0 Å². The lowest BCUT2D eigenvalue weighted by atomic mass is 10.1. The molecule has 2 aromatic carbocycles. The molecule has 0 spiro atoms. The van der Waals surface area contributed by atoms with Crippen molar-refractivity contribution in [2.75, 3.05) is 11.9 Å². The van der Waals surface area contributed by atoms with E-state index in [2.05, 4.69) is 5.32 Å². The predicted molar refractivity (Wildman–Crippen MR) is 97.2 cm³/mol. The Balaban J connectivity index is 1.76. The van der Waals surface area contributed by atoms with Crippen LogP contribution in [0.4, 0.5) is 10.1 Å². The average Bonchev–Trinajstić information content (AvgIpc) is 2.57. The number of benzene rings is 2. The van der Waals surface area contributed by atoms with Crippen LogP contribution in [0.1, 0.15) is 16.7 Å². The van der Waals surface area contributed by atoms with E-state index < -0.39 is 17.3 Å². The van der Waals surface area contributed by atoms with Crippen molar-refractivity contribution in [1.29, 1.82) is 0 Å². The van der Waals surface area contributed by atoms with E-state index in [4.69, 9.17) is 9.15 Å². The summed E-state index contributed by atoms with van der Waals surface area (Å²) < 4.78 is 24.6. The molecule has 26 heavy (non-hydrogen) atoms. The Morgan fingerprint density at radius 2 is 1.92 bits per heavy atom. The summed E-state index contributed by atoms with van der Waals surface area (Å²) in [5.74, 6) is -0.568. The Hall–Kier alpha value is -3.15. The topological polar surface area (TPSA) is 68.5 Å². The molecule has 0 unspecified atom stereocenters. The van der Waals surface area contributed by atoms with Gasteiger partial charge in [-0.05, 0) is 56.2 Å². The second kappa shape index (κ2) is 7.00. The molecule has 0 aliphatic rings. The maximum atomic E-state index is 13.8. The van der Waals surface area contributed by atoms with Gasteiger partial charge in [0.05, 0.1) is 5.69 Å². The number of rotatable bonds is 4. The first kappa shape index (κ1) is 17.7. The van der Waals surface area contributed by atoms with Crippen molar-refractivity contribution in [2.24, 2.45) is 0 Å². The number of hydrogen-bond donors (Lipinski definition) is 1. The first-order chi connectivity index (χ1) is 12.3. The minimum Gasteiger partial charge on any atom is -0.483 e. The van der Waals surface area contributed by atoms with Gasteiger partial charge in [0, 0.05) is 17.0 Å². The zero-order chi connectivity index (χ0) is 18.8. The number of anilines is 1. The van der Waals surface area contributed by atoms with Gasteiger partial charge in [0.15, 0.2) is 6.61 Å². The summed E-state index contributed by atoms with van der Waals surface area (Å²) in [5.41, 5.74) is 2.28. The molecule has 0 saturated carbocycles. The average molecular weight is 355 g/mol. The maximum absolute atomic E-state index is 13.8. The zero-order valence-electron chi connectivity index (χ0n) is 14.7. The van der Waals surface area contributed by atoms with E-state index in [0.717, 1.165) is 16.5 Å². The monoisotopic (exact) mass is 355 g/mol. The minimum absolute atomic E-state index is 0.0982. The van der Waals surface area contributed by atoms with Crippen LogP contribution in [0.3, 0.4) is 0 Å². The highest BCUT2D eigenvalue weighted by Crippen LogP contribution is 2.28. The quantitative estimate of drug-likeness (QED) is 0.721. The third kappa shape index (κ3) is 3.59. The van der Waals surface area contributed by atoms with Crippen LogP contribution in [0.2, 0.25) is 0 Å². The SMILES string of the molecule is Cc1ccc(NC(=O)COc2ccc3c(C)cc(=O)oc3c2C)c(F)c1. The van der Waals surface area contributed by atoms with Crippen molar-refractivity contribution in [3.8, 4) is 5.75 Å². The van der Waals surface area contributed by atoms with Gasteiger partial charge in [0.1, 0.15) is 17.1 Å². The number of amides is 1. The Morgan fingerprint density at radius 1 is 1.15 bits per heavy atom. The zero-order valence-corrected chi connectivity index (χ0v) is 14.7. The summed E-state index contributed by atoms with van der Waals surface area (Å²) in [5, 5.41) is 3.28. The van der Waals surface area contributed by atoms with Crippen molar-refractivity contribution in [1.82, 2.24) is 0 Å². The Bertz CT molecular complexity index is 1060. The molecule has 5 nitrogen and oxygen atoms in total. The van der Waals surface area contributed by atoms with E-state index in [0.29, 0.717) is 16.9 Å². The van der Waals surface area contributed by atoms with Gasteiger partial charge in [-0.25, -0.2) is 9.18 Å². The number of hydrogen-bond acceptors (Lipinski definition) is 4. The van der Waals surface area contributed by atoms with Gasteiger partial charge >= 0.3 is 5.63 Å². The fraction of sp³-hybridized carbons (Fsp3) is 0.200. The van der Waals surface area contributed by atoms with Crippen molar-refractivity contribution in [2.45, 2.75) is 20.8 Å². The molecular formula is C20H18FNO4. The molecule has 0 aliphatic carbocycles. The predicted octanol–water partition coefficient (Wildman–Crippen LogP) is 3.87. The van der Waals surface area contributed by atoms with E-state index in [-0.39, 0.29) is 12.3 Å². The van der Waals surface area contributed by atoms with Gasteiger partial charge in [0.25, 0.3) is 5.91 Å². The molecule has 1 aromatic heterocycles. The molecule has 0 radical (unpaired) electrons. The van der Waals surface area contributed by atoms with E-state index in [1.54, 1.807) is 32.0 Å². The number of carbonyl (C=O) groups is 1. The van der Waals surface area contributed by atoms with Gasteiger partial charge in [-0.2, -0.15) is 0 Å². The van der Waals surface area contributed by atoms with Gasteiger partial charge in [-0.3, -0.25) is 4.79 Å². The third-order valence-corrected chi connectivity index (χ3v) is 4.08. The molecule has 134 valence electrons. The number of ether oxygens (including phenoxy) is 1. The highest BCUT2D eigenvalue weighted by Gasteiger charge is 2.12. The fourth-order valence-corrected chi connectivity index (χ4v) is 2.71. The molecule has 1 N–H and O–H groups in total. The van der Waals surface area contributed by atoms with E-state index >= 15 is 0 Å². The number of nitrogens with one attached hydrogen (secondary N) is 1. The molecule has 0 bridgehead atoms. The second-order valence-electron chi connectivity index (χ2n) is 6.13. The standard InChI is InChI=1S/C20H18FNO4/c1-11-4-6-16(15(21)8-11)22-18(23)10-25-17-7-5-14-12(2)9-19(24)26-20(14)13(17)3/h4-9H,10H2,1-3H3,(H,22,23). The van der Waals surface area contributed by atoms with Crippen molar-refractivity contribution in [3.05, 3.63) is 69.3 Å². The van der Waals surface area contributed by atoms with Crippen LogP contribution >= 0.6 is 0 Å². The summed E-state index contributed by atoms with van der Waals surface area (Å²) >= 11 is 0. The highest BCUT2D eigenvalue weighted by molar-refractivity contribution is 5.92. The molecule has 1 amide bonds. The number of carbonyl (C=O) groups excluding carboxylic acids is 1. The summed E-state index contributed by atoms with van der Waals surface area (Å²) in [6, 6.07) is 9.46. The van der Waals surface area contributed by atoms with Crippen LogP contribution in [-0.2, 0) is 4.79 Å². The number of halogens is 1. The van der Waals surface area contributed by atoms with Crippen LogP contribution < -0.4 is 15.7 Å². The van der Waals surface area contributed by atoms with Crippen molar-refractivity contribution in [3.63, 3.8) is 0 Å². The molecule has 0 fully saturated rings. The van der Waals surface area contributed by atoms with Crippen LogP contribution in [0.25, 0.3) is 11.0 Å². The summed E-state index contributed by atoms with van der Waals surface area (Å²) in [6.45, 7) is 5.04. The van der Waals surface area contributed by atoms with Crippen LogP contribution in [0.15, 0.2) is 45.6 Å². The molecule has 6 heteroatoms. The van der Waals surface area contributed by atoms with E-state index in [1.165, 1.54) is 18.2 Å². The van der Waals surface area contributed by atoms with Crippen LogP contribution in [0, 0.1) is 26.6 Å². The van der Waals surface area contributed by atoms with E-state index in [9.17, 15) is 14.0 Å². The molecule has 0 atom stereocenters. The van der Waals surface area contributed by atoms with Gasteiger partial charge in [-0.1, -0.05) is 6.07 Å². The largest absolute Gasteiger partial charge is 0.483 e. The number of fused-ring (bicyclic) bond motifs is 1. The Labute approximate surface area is 149 Å². The highest BCUT2D eigenvalue weighted by atomic mass is 19.1. The molecule has 0 aliphatic heterocycles. The molecule has 3 aromatic rings. The normalized spacial score (nSPS) is 10.8. The maximum Gasteiger partial charge on any atom is 0.336 e. The Kier molecular flexibility index (Phi) is 4.75. The van der Waals surface area contributed by atoms with Gasteiger partial charge in [-0.15, -0.1) is 0 Å². The third-order valence-electron chi connectivity index (χ3n) is 4.08. The lowest BCUT2D eigenvalue weighted by Crippen LogP contribution is -2.21. The summed E-state index contributed by atoms with van der Waals surface area (Å²) in [7, 11) is 0. The first-order valence-corrected chi connectivity index (χ1v) is 8.08. The van der Waals surface area contributed by atoms with Crippen LogP contribution in [-0.4, -0.2) is 12.5 Å². The smallest absolute Gasteiger partial charge is 0.336 e. The van der Waals surface area contributed by atoms with Crippen molar-refractivity contribution >= 4 is 22.6 Å². The minimum atomic E-state index is -0.502. The molecule has 0 saturated heterocycles.